The predicted octanol–water partition coefficient (Wildman–Crippen LogP) is 3.56. The molecule has 0 aliphatic heterocycles. The molecule has 0 radical (unpaired) electrons. The first-order chi connectivity index (χ1) is 10.3. The molecule has 0 spiro atoms. The molecule has 1 aromatic heterocycles. The third-order valence-corrected chi connectivity index (χ3v) is 3.28. The molecule has 3 aromatic rings. The van der Waals surface area contributed by atoms with Crippen LogP contribution in [0.5, 0.6) is 11.6 Å². The number of hydrogen-bond acceptors (Lipinski definition) is 3. The summed E-state index contributed by atoms with van der Waals surface area (Å²) >= 11 is 0. The first kappa shape index (κ1) is 13.2. The van der Waals surface area contributed by atoms with E-state index in [1.807, 2.05) is 53.2 Å². The molecule has 0 aliphatic rings. The van der Waals surface area contributed by atoms with E-state index in [9.17, 15) is 0 Å². The third kappa shape index (κ3) is 2.60. The van der Waals surface area contributed by atoms with Gasteiger partial charge in [0.05, 0.1) is 25.6 Å². The fourth-order valence-corrected chi connectivity index (χ4v) is 2.19. The summed E-state index contributed by atoms with van der Waals surface area (Å²) in [7, 11) is 3.27. The highest BCUT2D eigenvalue weighted by Gasteiger charge is 2.11. The summed E-state index contributed by atoms with van der Waals surface area (Å²) in [6, 6.07) is 19.8. The molecule has 0 bridgehead atoms. The van der Waals surface area contributed by atoms with Crippen molar-refractivity contribution in [1.82, 2.24) is 9.78 Å². The summed E-state index contributed by atoms with van der Waals surface area (Å²) in [6.07, 6.45) is 0. The lowest BCUT2D eigenvalue weighted by Crippen LogP contribution is -1.99. The molecule has 0 fully saturated rings. The maximum atomic E-state index is 5.27. The zero-order chi connectivity index (χ0) is 14.7. The van der Waals surface area contributed by atoms with Gasteiger partial charge in [-0.15, -0.1) is 5.10 Å². The van der Waals surface area contributed by atoms with Crippen LogP contribution in [0.25, 0.3) is 16.9 Å². The predicted molar refractivity (Wildman–Crippen MR) is 82.1 cm³/mol. The van der Waals surface area contributed by atoms with Gasteiger partial charge >= 0.3 is 0 Å². The maximum absolute atomic E-state index is 5.27. The average Bonchev–Trinajstić information content (AvgIpc) is 3.00. The van der Waals surface area contributed by atoms with Crippen LogP contribution in [0.15, 0.2) is 60.7 Å². The Labute approximate surface area is 123 Å². The van der Waals surface area contributed by atoms with E-state index in [1.54, 1.807) is 14.2 Å². The topological polar surface area (TPSA) is 36.3 Å². The standard InChI is InChI=1S/C17H16N2O2/c1-20-15-10-8-14(9-11-15)19-16(12-17(18-19)21-2)13-6-4-3-5-7-13/h3-12H,1-2H3. The lowest BCUT2D eigenvalue weighted by Gasteiger charge is -2.08. The number of ether oxygens (including phenoxy) is 2. The molecule has 0 aliphatic carbocycles. The first-order valence-corrected chi connectivity index (χ1v) is 6.65. The normalized spacial score (nSPS) is 10.4. The number of nitrogens with zero attached hydrogens (tertiary/aromatic N) is 2. The summed E-state index contributed by atoms with van der Waals surface area (Å²) in [5, 5.41) is 4.48. The molecule has 0 atom stereocenters. The Kier molecular flexibility index (Phi) is 3.60. The molecule has 0 unspecified atom stereocenters. The second-order valence-electron chi connectivity index (χ2n) is 4.55. The molecule has 1 heterocycles. The van der Waals surface area contributed by atoms with Gasteiger partial charge in [-0.25, -0.2) is 4.68 Å². The van der Waals surface area contributed by atoms with Crippen LogP contribution in [0.3, 0.4) is 0 Å². The summed E-state index contributed by atoms with van der Waals surface area (Å²) in [6.45, 7) is 0. The van der Waals surface area contributed by atoms with Crippen LogP contribution < -0.4 is 9.47 Å². The number of rotatable bonds is 4. The Bertz CT molecular complexity index is 718. The highest BCUT2D eigenvalue weighted by molar-refractivity contribution is 5.63. The SMILES string of the molecule is COc1ccc(-n2nc(OC)cc2-c2ccccc2)cc1. The summed E-state index contributed by atoms with van der Waals surface area (Å²) in [5.74, 6) is 1.41. The van der Waals surface area contributed by atoms with Crippen LogP contribution >= 0.6 is 0 Å². The largest absolute Gasteiger partial charge is 0.497 e. The number of benzene rings is 2. The highest BCUT2D eigenvalue weighted by atomic mass is 16.5. The minimum Gasteiger partial charge on any atom is -0.497 e. The van der Waals surface area contributed by atoms with Crippen molar-refractivity contribution >= 4 is 0 Å². The quantitative estimate of drug-likeness (QED) is 0.733. The minimum absolute atomic E-state index is 0.588. The zero-order valence-electron chi connectivity index (χ0n) is 12.0. The van der Waals surface area contributed by atoms with Crippen LogP contribution in [0, 0.1) is 0 Å². The lowest BCUT2D eigenvalue weighted by atomic mass is 10.1. The summed E-state index contributed by atoms with van der Waals surface area (Å²) < 4.78 is 12.3. The molecular weight excluding hydrogens is 264 g/mol. The van der Waals surface area contributed by atoms with Gasteiger partial charge in [0.1, 0.15) is 5.75 Å². The number of aromatic nitrogens is 2. The van der Waals surface area contributed by atoms with E-state index in [4.69, 9.17) is 9.47 Å². The van der Waals surface area contributed by atoms with Crippen molar-refractivity contribution < 1.29 is 9.47 Å². The van der Waals surface area contributed by atoms with Crippen molar-refractivity contribution in [3.05, 3.63) is 60.7 Å². The van der Waals surface area contributed by atoms with Gasteiger partial charge in [0.2, 0.25) is 5.88 Å². The van der Waals surface area contributed by atoms with Crippen molar-refractivity contribution in [3.8, 4) is 28.6 Å². The van der Waals surface area contributed by atoms with Crippen LogP contribution in [0.1, 0.15) is 0 Å². The van der Waals surface area contributed by atoms with Gasteiger partial charge in [-0.2, -0.15) is 0 Å². The van der Waals surface area contributed by atoms with E-state index in [0.29, 0.717) is 5.88 Å². The van der Waals surface area contributed by atoms with Gasteiger partial charge in [-0.05, 0) is 24.3 Å². The fraction of sp³-hybridized carbons (Fsp3) is 0.118. The van der Waals surface area contributed by atoms with Gasteiger partial charge < -0.3 is 9.47 Å². The van der Waals surface area contributed by atoms with E-state index in [1.165, 1.54) is 0 Å². The van der Waals surface area contributed by atoms with Gasteiger partial charge in [0.15, 0.2) is 0 Å². The molecule has 106 valence electrons. The summed E-state index contributed by atoms with van der Waals surface area (Å²) in [4.78, 5) is 0. The minimum atomic E-state index is 0.588. The van der Waals surface area contributed by atoms with Crippen molar-refractivity contribution in [2.24, 2.45) is 0 Å². The Balaban J connectivity index is 2.10. The smallest absolute Gasteiger partial charge is 0.233 e. The van der Waals surface area contributed by atoms with Crippen LogP contribution in [-0.2, 0) is 0 Å². The van der Waals surface area contributed by atoms with Crippen molar-refractivity contribution in [3.63, 3.8) is 0 Å². The zero-order valence-corrected chi connectivity index (χ0v) is 12.0. The molecule has 4 heteroatoms. The molecule has 0 saturated heterocycles. The Hall–Kier alpha value is -2.75. The van der Waals surface area contributed by atoms with E-state index >= 15 is 0 Å². The van der Waals surface area contributed by atoms with Gasteiger partial charge in [0, 0.05) is 11.6 Å². The molecule has 0 amide bonds. The molecule has 0 N–H and O–H groups in total. The Morgan fingerprint density at radius 3 is 2.19 bits per heavy atom. The van der Waals surface area contributed by atoms with Crippen LogP contribution in [0.4, 0.5) is 0 Å². The average molecular weight is 280 g/mol. The molecular formula is C17H16N2O2. The van der Waals surface area contributed by atoms with Crippen LogP contribution in [0.2, 0.25) is 0 Å². The molecule has 0 saturated carbocycles. The second kappa shape index (κ2) is 5.71. The van der Waals surface area contributed by atoms with E-state index in [-0.39, 0.29) is 0 Å². The Morgan fingerprint density at radius 2 is 1.57 bits per heavy atom. The van der Waals surface area contributed by atoms with Crippen molar-refractivity contribution in [1.29, 1.82) is 0 Å². The third-order valence-electron chi connectivity index (χ3n) is 3.28. The monoisotopic (exact) mass is 280 g/mol. The van der Waals surface area contributed by atoms with E-state index in [0.717, 1.165) is 22.7 Å². The molecule has 3 rings (SSSR count). The van der Waals surface area contributed by atoms with Crippen molar-refractivity contribution in [2.75, 3.05) is 14.2 Å². The molecule has 4 nitrogen and oxygen atoms in total. The van der Waals surface area contributed by atoms with E-state index in [2.05, 4.69) is 17.2 Å². The number of methoxy groups -OCH3 is 2. The molecule has 21 heavy (non-hydrogen) atoms. The van der Waals surface area contributed by atoms with Crippen molar-refractivity contribution in [2.45, 2.75) is 0 Å². The number of hydrogen-bond donors (Lipinski definition) is 0. The summed E-state index contributed by atoms with van der Waals surface area (Å²) in [5.41, 5.74) is 3.03. The highest BCUT2D eigenvalue weighted by Crippen LogP contribution is 2.27. The lowest BCUT2D eigenvalue weighted by molar-refractivity contribution is 0.394. The van der Waals surface area contributed by atoms with Crippen LogP contribution in [-0.4, -0.2) is 24.0 Å². The molecule has 2 aromatic carbocycles. The van der Waals surface area contributed by atoms with E-state index < -0.39 is 0 Å². The fourth-order valence-electron chi connectivity index (χ4n) is 2.19. The first-order valence-electron chi connectivity index (χ1n) is 6.65. The Morgan fingerprint density at radius 1 is 0.857 bits per heavy atom. The second-order valence-corrected chi connectivity index (χ2v) is 4.55. The maximum Gasteiger partial charge on any atom is 0.233 e. The van der Waals surface area contributed by atoms with Gasteiger partial charge in [-0.1, -0.05) is 30.3 Å². The van der Waals surface area contributed by atoms with Gasteiger partial charge in [-0.3, -0.25) is 0 Å². The van der Waals surface area contributed by atoms with Gasteiger partial charge in [0.25, 0.3) is 0 Å².